The van der Waals surface area contributed by atoms with Crippen LogP contribution in [0.5, 0.6) is 0 Å². The van der Waals surface area contributed by atoms with Crippen LogP contribution in [0, 0.1) is 0 Å². The minimum atomic E-state index is -0.538. The van der Waals surface area contributed by atoms with Crippen LogP contribution in [-0.4, -0.2) is 24.5 Å². The summed E-state index contributed by atoms with van der Waals surface area (Å²) in [5.41, 5.74) is 14.2. The standard InChI is InChI=1S/C47H29N5/c1-3-13-31(14-4-1)43-49-44(32-15-5-2-6-16-32)51-45(50-43)33-25-23-30(24-26-33)34-27-28-36-35-17-7-8-18-37(35)47(39(36)29-34)38-19-9-11-21-41(38)52-42-22-12-10-20-40(42)48-46(47)52/h1-29H. The van der Waals surface area contributed by atoms with E-state index in [4.69, 9.17) is 19.9 Å². The second-order valence-electron chi connectivity index (χ2n) is 13.4. The zero-order valence-corrected chi connectivity index (χ0v) is 28.0. The quantitative estimate of drug-likeness (QED) is 0.188. The lowest BCUT2D eigenvalue weighted by Gasteiger charge is -2.27. The van der Waals surface area contributed by atoms with Crippen LogP contribution in [0.2, 0.25) is 0 Å². The first-order valence-corrected chi connectivity index (χ1v) is 17.6. The number of imidazole rings is 1. The maximum absolute atomic E-state index is 5.39. The Morgan fingerprint density at radius 3 is 1.60 bits per heavy atom. The summed E-state index contributed by atoms with van der Waals surface area (Å²) in [4.78, 5) is 20.2. The molecule has 5 nitrogen and oxygen atoms in total. The lowest BCUT2D eigenvalue weighted by Crippen LogP contribution is -2.27. The first-order chi connectivity index (χ1) is 25.8. The Hall–Kier alpha value is -6.98. The van der Waals surface area contributed by atoms with Crippen molar-refractivity contribution < 1.29 is 0 Å². The van der Waals surface area contributed by atoms with E-state index in [2.05, 4.69) is 120 Å². The Kier molecular flexibility index (Phi) is 6.10. The van der Waals surface area contributed by atoms with Gasteiger partial charge >= 0.3 is 0 Å². The van der Waals surface area contributed by atoms with Crippen LogP contribution in [0.25, 0.3) is 73.1 Å². The number of aromatic nitrogens is 5. The number of benzene rings is 7. The third-order valence-electron chi connectivity index (χ3n) is 10.7. The van der Waals surface area contributed by atoms with E-state index in [1.54, 1.807) is 0 Å². The van der Waals surface area contributed by atoms with Crippen molar-refractivity contribution in [3.63, 3.8) is 0 Å². The highest BCUT2D eigenvalue weighted by Gasteiger charge is 2.54. The Balaban J connectivity index is 1.06. The van der Waals surface area contributed by atoms with E-state index < -0.39 is 5.41 Å². The molecule has 9 aromatic rings. The van der Waals surface area contributed by atoms with E-state index in [0.29, 0.717) is 17.5 Å². The van der Waals surface area contributed by atoms with Gasteiger partial charge in [0, 0.05) is 16.7 Å². The normalized spacial score (nSPS) is 15.0. The summed E-state index contributed by atoms with van der Waals surface area (Å²) in [6, 6.07) is 61.9. The molecular weight excluding hydrogens is 635 g/mol. The molecule has 1 unspecified atom stereocenters. The molecule has 1 aliphatic carbocycles. The molecule has 0 radical (unpaired) electrons. The van der Waals surface area contributed by atoms with Gasteiger partial charge in [0.25, 0.3) is 0 Å². The highest BCUT2D eigenvalue weighted by atomic mass is 15.1. The van der Waals surface area contributed by atoms with E-state index in [-0.39, 0.29) is 0 Å². The zero-order valence-electron chi connectivity index (χ0n) is 28.0. The van der Waals surface area contributed by atoms with Crippen LogP contribution in [0.1, 0.15) is 22.5 Å². The van der Waals surface area contributed by atoms with Gasteiger partial charge in [0.2, 0.25) is 0 Å². The number of hydrogen-bond donors (Lipinski definition) is 0. The molecule has 0 amide bonds. The lowest BCUT2D eigenvalue weighted by atomic mass is 9.72. The molecule has 2 aliphatic rings. The average molecular weight is 664 g/mol. The third-order valence-corrected chi connectivity index (χ3v) is 10.7. The summed E-state index contributed by atoms with van der Waals surface area (Å²) in [5.74, 6) is 3.00. The minimum absolute atomic E-state index is 0.538. The summed E-state index contributed by atoms with van der Waals surface area (Å²) in [6.45, 7) is 0. The Morgan fingerprint density at radius 2 is 0.885 bits per heavy atom. The Labute approximate surface area is 300 Å². The predicted molar refractivity (Wildman–Crippen MR) is 207 cm³/mol. The molecule has 5 heteroatoms. The monoisotopic (exact) mass is 663 g/mol. The smallest absolute Gasteiger partial charge is 0.164 e. The van der Waals surface area contributed by atoms with E-state index in [1.807, 2.05) is 60.7 Å². The molecule has 0 N–H and O–H groups in total. The van der Waals surface area contributed by atoms with Crippen molar-refractivity contribution in [1.29, 1.82) is 0 Å². The van der Waals surface area contributed by atoms with Gasteiger partial charge in [-0.1, -0.05) is 152 Å². The van der Waals surface area contributed by atoms with Crippen molar-refractivity contribution in [1.82, 2.24) is 24.5 Å². The summed E-state index contributed by atoms with van der Waals surface area (Å²) in [7, 11) is 0. The summed E-state index contributed by atoms with van der Waals surface area (Å²) >= 11 is 0. The number of rotatable bonds is 4. The molecular formula is C47H29N5. The summed E-state index contributed by atoms with van der Waals surface area (Å²) < 4.78 is 2.38. The summed E-state index contributed by atoms with van der Waals surface area (Å²) in [6.07, 6.45) is 0. The maximum atomic E-state index is 5.39. The molecule has 7 aromatic carbocycles. The molecule has 1 spiro atoms. The molecule has 242 valence electrons. The SMILES string of the molecule is c1ccc(-c2nc(-c3ccccc3)nc(-c3ccc(-c4ccc5c(c4)C4(c6ccccc6-5)c5ccccc5-n5c4nc4ccccc45)cc3)n2)cc1. The van der Waals surface area contributed by atoms with Crippen molar-refractivity contribution in [2.45, 2.75) is 5.41 Å². The van der Waals surface area contributed by atoms with Crippen molar-refractivity contribution >= 4 is 11.0 Å². The fourth-order valence-corrected chi connectivity index (χ4v) is 8.37. The number of fused-ring (bicyclic) bond motifs is 12. The lowest BCUT2D eigenvalue weighted by molar-refractivity contribution is 0.738. The molecule has 0 saturated carbocycles. The number of hydrogen-bond acceptors (Lipinski definition) is 4. The van der Waals surface area contributed by atoms with Gasteiger partial charge in [-0.05, 0) is 63.2 Å². The highest BCUT2D eigenvalue weighted by molar-refractivity contribution is 5.92. The van der Waals surface area contributed by atoms with Crippen molar-refractivity contribution in [3.05, 3.63) is 198 Å². The molecule has 52 heavy (non-hydrogen) atoms. The molecule has 0 saturated heterocycles. The molecule has 0 fully saturated rings. The van der Waals surface area contributed by atoms with Gasteiger partial charge in [-0.25, -0.2) is 19.9 Å². The fraction of sp³-hybridized carbons (Fsp3) is 0.0213. The molecule has 1 atom stereocenters. The van der Waals surface area contributed by atoms with Crippen LogP contribution in [-0.2, 0) is 5.41 Å². The second kappa shape index (κ2) is 11.0. The van der Waals surface area contributed by atoms with Gasteiger partial charge in [0.05, 0.1) is 16.7 Å². The summed E-state index contributed by atoms with van der Waals surface area (Å²) in [5, 5.41) is 0. The number of nitrogens with zero attached hydrogens (tertiary/aromatic N) is 5. The van der Waals surface area contributed by atoms with E-state index in [1.165, 1.54) is 33.5 Å². The maximum Gasteiger partial charge on any atom is 0.164 e. The van der Waals surface area contributed by atoms with E-state index >= 15 is 0 Å². The number of para-hydroxylation sites is 3. The van der Waals surface area contributed by atoms with E-state index in [0.717, 1.165) is 44.7 Å². The minimum Gasteiger partial charge on any atom is -0.295 e. The molecule has 11 rings (SSSR count). The first kappa shape index (κ1) is 28.8. The average Bonchev–Trinajstić information content (AvgIpc) is 3.85. The van der Waals surface area contributed by atoms with Gasteiger partial charge in [-0.2, -0.15) is 0 Å². The van der Waals surface area contributed by atoms with Gasteiger partial charge in [-0.15, -0.1) is 0 Å². The highest BCUT2D eigenvalue weighted by Crippen LogP contribution is 2.60. The van der Waals surface area contributed by atoms with Crippen LogP contribution in [0.15, 0.2) is 176 Å². The van der Waals surface area contributed by atoms with Crippen molar-refractivity contribution in [3.8, 4) is 62.1 Å². The van der Waals surface area contributed by atoms with Crippen LogP contribution < -0.4 is 0 Å². The predicted octanol–water partition coefficient (Wildman–Crippen LogP) is 10.6. The molecule has 1 aliphatic heterocycles. The molecule has 2 aromatic heterocycles. The van der Waals surface area contributed by atoms with Crippen molar-refractivity contribution in [2.75, 3.05) is 0 Å². The molecule has 3 heterocycles. The van der Waals surface area contributed by atoms with Crippen molar-refractivity contribution in [2.24, 2.45) is 0 Å². The van der Waals surface area contributed by atoms with Gasteiger partial charge in [-0.3, -0.25) is 4.57 Å². The zero-order chi connectivity index (χ0) is 34.2. The second-order valence-corrected chi connectivity index (χ2v) is 13.4. The van der Waals surface area contributed by atoms with Crippen LogP contribution in [0.3, 0.4) is 0 Å². The Bertz CT molecular complexity index is 2780. The largest absolute Gasteiger partial charge is 0.295 e. The first-order valence-electron chi connectivity index (χ1n) is 17.6. The van der Waals surface area contributed by atoms with Gasteiger partial charge < -0.3 is 0 Å². The molecule has 0 bridgehead atoms. The van der Waals surface area contributed by atoms with E-state index in [9.17, 15) is 0 Å². The topological polar surface area (TPSA) is 56.5 Å². The van der Waals surface area contributed by atoms with Crippen LogP contribution >= 0.6 is 0 Å². The van der Waals surface area contributed by atoms with Gasteiger partial charge in [0.15, 0.2) is 17.5 Å². The van der Waals surface area contributed by atoms with Gasteiger partial charge in [0.1, 0.15) is 11.2 Å². The fourth-order valence-electron chi connectivity index (χ4n) is 8.37. The van der Waals surface area contributed by atoms with Crippen LogP contribution in [0.4, 0.5) is 0 Å². The Morgan fingerprint density at radius 1 is 0.365 bits per heavy atom. The third kappa shape index (κ3) is 4.05.